The van der Waals surface area contributed by atoms with Gasteiger partial charge in [0.2, 0.25) is 5.91 Å². The van der Waals surface area contributed by atoms with E-state index in [1.807, 2.05) is 30.3 Å². The Bertz CT molecular complexity index is 885. The number of nitrogens with one attached hydrogen (secondary N) is 1. The number of carbonyl (C=O) groups excluding carboxylic acids is 2. The van der Waals surface area contributed by atoms with Crippen molar-refractivity contribution in [3.8, 4) is 16.9 Å². The van der Waals surface area contributed by atoms with Crippen LogP contribution in [-0.2, 0) is 14.3 Å². The van der Waals surface area contributed by atoms with Gasteiger partial charge in [-0.25, -0.2) is 4.79 Å². The van der Waals surface area contributed by atoms with Gasteiger partial charge in [0, 0.05) is 12.1 Å². The normalized spacial score (nSPS) is 10.5. The minimum Gasteiger partial charge on any atom is -0.492 e. The molecular formula is C20H21F3N2O6. The molecular weight excluding hydrogens is 421 g/mol. The Morgan fingerprint density at radius 3 is 2.19 bits per heavy atom. The number of hydrogen-bond donors (Lipinski definition) is 3. The highest BCUT2D eigenvalue weighted by molar-refractivity contribution is 5.94. The van der Waals surface area contributed by atoms with Gasteiger partial charge in [-0.15, -0.1) is 0 Å². The average molecular weight is 442 g/mol. The number of ether oxygens (including phenoxy) is 2. The second kappa shape index (κ2) is 12.2. The summed E-state index contributed by atoms with van der Waals surface area (Å²) < 4.78 is 41.8. The Kier molecular flexibility index (Phi) is 9.99. The van der Waals surface area contributed by atoms with Crippen LogP contribution in [-0.4, -0.2) is 55.9 Å². The second-order valence-corrected chi connectivity index (χ2v) is 5.87. The van der Waals surface area contributed by atoms with Crippen molar-refractivity contribution in [1.29, 1.82) is 0 Å². The van der Waals surface area contributed by atoms with Gasteiger partial charge in [0.1, 0.15) is 12.4 Å². The Morgan fingerprint density at radius 1 is 1.06 bits per heavy atom. The van der Waals surface area contributed by atoms with Crippen molar-refractivity contribution in [3.63, 3.8) is 0 Å². The van der Waals surface area contributed by atoms with Crippen LogP contribution in [0.3, 0.4) is 0 Å². The SMILES string of the molecule is COC(=O)CNCCOc1ccc(-c2cccc(C(N)=O)c2)cc1.O=C(O)C(F)(F)F. The quantitative estimate of drug-likeness (QED) is 0.422. The maximum atomic E-state index is 11.2. The first-order valence-electron chi connectivity index (χ1n) is 8.75. The van der Waals surface area contributed by atoms with Crippen LogP contribution in [0.2, 0.25) is 0 Å². The summed E-state index contributed by atoms with van der Waals surface area (Å²) in [5.74, 6) is -2.79. The van der Waals surface area contributed by atoms with Crippen molar-refractivity contribution in [2.45, 2.75) is 6.18 Å². The molecule has 2 aromatic rings. The number of hydrogen-bond acceptors (Lipinski definition) is 6. The van der Waals surface area contributed by atoms with Crippen molar-refractivity contribution in [2.75, 3.05) is 26.8 Å². The largest absolute Gasteiger partial charge is 0.492 e. The smallest absolute Gasteiger partial charge is 0.490 e. The first-order valence-corrected chi connectivity index (χ1v) is 8.75. The molecule has 31 heavy (non-hydrogen) atoms. The molecule has 0 radical (unpaired) electrons. The summed E-state index contributed by atoms with van der Waals surface area (Å²) in [6.45, 7) is 1.14. The molecule has 11 heteroatoms. The number of methoxy groups -OCH3 is 1. The lowest BCUT2D eigenvalue weighted by Gasteiger charge is -2.08. The van der Waals surface area contributed by atoms with Crippen LogP contribution in [0.1, 0.15) is 10.4 Å². The molecule has 8 nitrogen and oxygen atoms in total. The van der Waals surface area contributed by atoms with Gasteiger partial charge in [0.05, 0.1) is 13.7 Å². The second-order valence-electron chi connectivity index (χ2n) is 5.87. The van der Waals surface area contributed by atoms with E-state index in [9.17, 15) is 22.8 Å². The molecule has 0 heterocycles. The predicted octanol–water partition coefficient (Wildman–Crippen LogP) is 2.23. The summed E-state index contributed by atoms with van der Waals surface area (Å²) >= 11 is 0. The molecule has 0 aliphatic heterocycles. The number of aliphatic carboxylic acids is 1. The van der Waals surface area contributed by atoms with Gasteiger partial charge < -0.3 is 25.6 Å². The molecule has 0 atom stereocenters. The van der Waals surface area contributed by atoms with Crippen LogP contribution in [0.5, 0.6) is 5.75 Å². The fourth-order valence-corrected chi connectivity index (χ4v) is 2.10. The van der Waals surface area contributed by atoms with Gasteiger partial charge in [-0.05, 0) is 35.4 Å². The number of carbonyl (C=O) groups is 3. The van der Waals surface area contributed by atoms with E-state index in [1.54, 1.807) is 18.2 Å². The van der Waals surface area contributed by atoms with Crippen LogP contribution in [0.15, 0.2) is 48.5 Å². The number of nitrogens with two attached hydrogens (primary N) is 1. The van der Waals surface area contributed by atoms with Crippen molar-refractivity contribution in [2.24, 2.45) is 5.73 Å². The number of primary amides is 1. The lowest BCUT2D eigenvalue weighted by atomic mass is 10.0. The van der Waals surface area contributed by atoms with Crippen LogP contribution < -0.4 is 15.8 Å². The highest BCUT2D eigenvalue weighted by Gasteiger charge is 2.38. The molecule has 2 rings (SSSR count). The number of rotatable bonds is 8. The number of alkyl halides is 3. The van der Waals surface area contributed by atoms with E-state index in [4.69, 9.17) is 20.4 Å². The molecule has 0 aliphatic rings. The fraction of sp³-hybridized carbons (Fsp3) is 0.250. The Labute approximate surface area is 175 Å². The zero-order chi connectivity index (χ0) is 23.4. The van der Waals surface area contributed by atoms with Gasteiger partial charge in [0.15, 0.2) is 0 Å². The molecule has 2 aromatic carbocycles. The van der Waals surface area contributed by atoms with E-state index >= 15 is 0 Å². The third-order valence-electron chi connectivity index (χ3n) is 3.62. The molecule has 0 spiro atoms. The lowest BCUT2D eigenvalue weighted by Crippen LogP contribution is -2.27. The maximum absolute atomic E-state index is 11.2. The van der Waals surface area contributed by atoms with E-state index in [0.29, 0.717) is 18.7 Å². The number of halogens is 3. The average Bonchev–Trinajstić information content (AvgIpc) is 2.73. The number of carboxylic acid groups (broad SMARTS) is 1. The standard InChI is InChI=1S/C18H20N2O4.C2HF3O2/c1-23-17(21)12-20-9-10-24-16-7-5-13(6-8-16)14-3-2-4-15(11-14)18(19)22;3-2(4,5)1(6)7/h2-8,11,20H,9-10,12H2,1H3,(H2,19,22);(H,6,7). The first kappa shape index (κ1) is 25.4. The summed E-state index contributed by atoms with van der Waals surface area (Å²) in [5, 5.41) is 10.0. The highest BCUT2D eigenvalue weighted by Crippen LogP contribution is 2.23. The topological polar surface area (TPSA) is 128 Å². The highest BCUT2D eigenvalue weighted by atomic mass is 19.4. The maximum Gasteiger partial charge on any atom is 0.490 e. The van der Waals surface area contributed by atoms with Crippen molar-refractivity contribution in [1.82, 2.24) is 5.32 Å². The van der Waals surface area contributed by atoms with Crippen molar-refractivity contribution < 1.29 is 42.1 Å². The summed E-state index contributed by atoms with van der Waals surface area (Å²) in [6.07, 6.45) is -5.08. The molecule has 0 unspecified atom stereocenters. The predicted molar refractivity (Wildman–Crippen MR) is 104 cm³/mol. The molecule has 0 saturated carbocycles. The summed E-state index contributed by atoms with van der Waals surface area (Å²) in [4.78, 5) is 31.1. The molecule has 0 aromatic heterocycles. The number of esters is 1. The Hall–Kier alpha value is -3.60. The molecule has 168 valence electrons. The van der Waals surface area contributed by atoms with E-state index in [-0.39, 0.29) is 12.5 Å². The van der Waals surface area contributed by atoms with Gasteiger partial charge in [-0.3, -0.25) is 9.59 Å². The van der Waals surface area contributed by atoms with E-state index in [0.717, 1.165) is 16.9 Å². The lowest BCUT2D eigenvalue weighted by molar-refractivity contribution is -0.192. The third kappa shape index (κ3) is 9.63. The van der Waals surface area contributed by atoms with Gasteiger partial charge in [-0.2, -0.15) is 13.2 Å². The minimum atomic E-state index is -5.08. The van der Waals surface area contributed by atoms with Gasteiger partial charge in [-0.1, -0.05) is 24.3 Å². The van der Waals surface area contributed by atoms with Crippen LogP contribution in [0, 0.1) is 0 Å². The molecule has 0 aliphatic carbocycles. The number of amides is 1. The first-order chi connectivity index (χ1) is 14.5. The molecule has 0 fully saturated rings. The zero-order valence-electron chi connectivity index (χ0n) is 16.4. The minimum absolute atomic E-state index is 0.162. The molecule has 0 saturated heterocycles. The zero-order valence-corrected chi connectivity index (χ0v) is 16.4. The van der Waals surface area contributed by atoms with Gasteiger partial charge >= 0.3 is 18.1 Å². The van der Waals surface area contributed by atoms with Gasteiger partial charge in [0.25, 0.3) is 0 Å². The van der Waals surface area contributed by atoms with Crippen molar-refractivity contribution >= 4 is 17.8 Å². The Balaban J connectivity index is 0.000000592. The van der Waals surface area contributed by atoms with Crippen LogP contribution in [0.4, 0.5) is 13.2 Å². The monoisotopic (exact) mass is 442 g/mol. The number of carboxylic acids is 1. The van der Waals surface area contributed by atoms with E-state index in [2.05, 4.69) is 10.1 Å². The van der Waals surface area contributed by atoms with E-state index in [1.165, 1.54) is 7.11 Å². The third-order valence-corrected chi connectivity index (χ3v) is 3.62. The molecule has 4 N–H and O–H groups in total. The Morgan fingerprint density at radius 2 is 1.68 bits per heavy atom. The molecule has 1 amide bonds. The molecule has 0 bridgehead atoms. The summed E-state index contributed by atoms with van der Waals surface area (Å²) in [7, 11) is 1.35. The summed E-state index contributed by atoms with van der Waals surface area (Å²) in [6, 6.07) is 14.7. The van der Waals surface area contributed by atoms with Crippen LogP contribution >= 0.6 is 0 Å². The van der Waals surface area contributed by atoms with Crippen molar-refractivity contribution in [3.05, 3.63) is 54.1 Å². The summed E-state index contributed by atoms with van der Waals surface area (Å²) in [5.41, 5.74) is 7.66. The number of benzene rings is 2. The fourth-order valence-electron chi connectivity index (χ4n) is 2.10. The van der Waals surface area contributed by atoms with E-state index < -0.39 is 18.1 Å². The van der Waals surface area contributed by atoms with Crippen LogP contribution in [0.25, 0.3) is 11.1 Å².